The van der Waals surface area contributed by atoms with Gasteiger partial charge in [-0.05, 0) is 76.2 Å². The standard InChI is InChI=1S/C26H33FN2O2S2/c1-16-22(33-15-28-16)18-10-8-17(9-11-18)14-19-6-5-7-20(19)21(30)23(25(2,3)32-4)29-24(31)26(27)12-13-26/h8-11,15,19-20,23H,5-7,12-14H2,1-4H3,(H,29,31). The van der Waals surface area contributed by atoms with Gasteiger partial charge in [0, 0.05) is 10.7 Å². The van der Waals surface area contributed by atoms with E-state index in [1.54, 1.807) is 11.3 Å². The summed E-state index contributed by atoms with van der Waals surface area (Å²) >= 11 is 3.19. The van der Waals surface area contributed by atoms with E-state index in [0.29, 0.717) is 0 Å². The van der Waals surface area contributed by atoms with Crippen LogP contribution in [0.5, 0.6) is 0 Å². The molecule has 1 aromatic carbocycles. The van der Waals surface area contributed by atoms with Crippen LogP contribution in [0.3, 0.4) is 0 Å². The average Bonchev–Trinajstić information content (AvgIpc) is 3.18. The normalized spacial score (nSPS) is 22.7. The number of thioether (sulfide) groups is 1. The van der Waals surface area contributed by atoms with Gasteiger partial charge in [-0.15, -0.1) is 11.3 Å². The molecular formula is C26H33FN2O2S2. The number of nitrogens with one attached hydrogen (secondary N) is 1. The number of hydrogen-bond acceptors (Lipinski definition) is 5. The summed E-state index contributed by atoms with van der Waals surface area (Å²) in [6.07, 6.45) is 6.12. The number of Topliss-reactive ketones (excluding diaryl/α,β-unsaturated/α-hetero) is 1. The van der Waals surface area contributed by atoms with Crippen molar-refractivity contribution in [2.75, 3.05) is 6.26 Å². The van der Waals surface area contributed by atoms with Crippen LogP contribution in [0.15, 0.2) is 29.8 Å². The number of rotatable bonds is 9. The number of hydrogen-bond donors (Lipinski definition) is 1. The second kappa shape index (κ2) is 9.49. The Hall–Kier alpha value is -1.73. The Balaban J connectivity index is 1.48. The molecule has 2 fully saturated rings. The molecular weight excluding hydrogens is 455 g/mol. The Labute approximate surface area is 204 Å². The van der Waals surface area contributed by atoms with Gasteiger partial charge in [-0.3, -0.25) is 9.59 Å². The first-order chi connectivity index (χ1) is 15.6. The quantitative estimate of drug-likeness (QED) is 0.486. The van der Waals surface area contributed by atoms with Gasteiger partial charge >= 0.3 is 0 Å². The van der Waals surface area contributed by atoms with Crippen LogP contribution in [0.25, 0.3) is 10.4 Å². The second-order valence-electron chi connectivity index (χ2n) is 10.0. The molecule has 4 rings (SSSR count). The SMILES string of the molecule is CSC(C)(C)C(NC(=O)C1(F)CC1)C(=O)C1CCCC1Cc1ccc(-c2scnc2C)cc1. The van der Waals surface area contributed by atoms with Gasteiger partial charge in [-0.2, -0.15) is 11.8 Å². The number of carbonyl (C=O) groups excluding carboxylic acids is 2. The summed E-state index contributed by atoms with van der Waals surface area (Å²) < 4.78 is 13.9. The zero-order chi connectivity index (χ0) is 23.8. The van der Waals surface area contributed by atoms with Gasteiger partial charge in [0.1, 0.15) is 6.04 Å². The van der Waals surface area contributed by atoms with Crippen molar-refractivity contribution < 1.29 is 14.0 Å². The molecule has 7 heteroatoms. The first-order valence-electron chi connectivity index (χ1n) is 11.7. The molecule has 1 N–H and O–H groups in total. The van der Waals surface area contributed by atoms with Crippen LogP contribution in [0.1, 0.15) is 57.2 Å². The predicted octanol–water partition coefficient (Wildman–Crippen LogP) is 5.77. The first kappa shape index (κ1) is 24.4. The minimum absolute atomic E-state index is 0.0614. The van der Waals surface area contributed by atoms with Gasteiger partial charge in [0.05, 0.1) is 16.1 Å². The van der Waals surface area contributed by atoms with E-state index in [1.165, 1.54) is 27.8 Å². The Morgan fingerprint density at radius 2 is 1.97 bits per heavy atom. The van der Waals surface area contributed by atoms with E-state index in [-0.39, 0.29) is 30.5 Å². The number of carbonyl (C=O) groups is 2. The Bertz CT molecular complexity index is 1010. The second-order valence-corrected chi connectivity index (χ2v) is 12.4. The average molecular weight is 489 g/mol. The van der Waals surface area contributed by atoms with Gasteiger partial charge < -0.3 is 5.32 Å². The van der Waals surface area contributed by atoms with Crippen LogP contribution in [0.4, 0.5) is 4.39 Å². The molecule has 3 unspecified atom stereocenters. The van der Waals surface area contributed by atoms with E-state index in [0.717, 1.165) is 31.4 Å². The molecule has 2 aliphatic carbocycles. The number of halogens is 1. The molecule has 4 nitrogen and oxygen atoms in total. The number of thiazole rings is 1. The lowest BCUT2D eigenvalue weighted by Gasteiger charge is -2.35. The topological polar surface area (TPSA) is 59.1 Å². The summed E-state index contributed by atoms with van der Waals surface area (Å²) in [4.78, 5) is 31.7. The molecule has 1 heterocycles. The van der Waals surface area contributed by atoms with Gasteiger partial charge in [0.15, 0.2) is 11.5 Å². The van der Waals surface area contributed by atoms with E-state index in [2.05, 4.69) is 34.6 Å². The summed E-state index contributed by atoms with van der Waals surface area (Å²) in [5, 5.41) is 2.81. The van der Waals surface area contributed by atoms with Gasteiger partial charge in [-0.1, -0.05) is 30.7 Å². The Morgan fingerprint density at radius 1 is 1.27 bits per heavy atom. The van der Waals surface area contributed by atoms with Gasteiger partial charge in [0.2, 0.25) is 0 Å². The minimum atomic E-state index is -1.78. The molecule has 33 heavy (non-hydrogen) atoms. The smallest absolute Gasteiger partial charge is 0.258 e. The highest BCUT2D eigenvalue weighted by atomic mass is 32.2. The third-order valence-corrected chi connectivity index (χ3v) is 9.63. The number of alkyl halides is 1. The molecule has 1 aromatic heterocycles. The molecule has 3 atom stereocenters. The highest BCUT2D eigenvalue weighted by Crippen LogP contribution is 2.42. The van der Waals surface area contributed by atoms with E-state index in [1.807, 2.05) is 32.5 Å². The predicted molar refractivity (Wildman–Crippen MR) is 134 cm³/mol. The number of benzene rings is 1. The fraction of sp³-hybridized carbons (Fsp3) is 0.577. The third-order valence-electron chi connectivity index (χ3n) is 7.36. The largest absolute Gasteiger partial charge is 0.342 e. The molecule has 0 bridgehead atoms. The van der Waals surface area contributed by atoms with Crippen molar-refractivity contribution in [2.24, 2.45) is 11.8 Å². The summed E-state index contributed by atoms with van der Waals surface area (Å²) in [6, 6.07) is 7.89. The minimum Gasteiger partial charge on any atom is -0.342 e. The molecule has 178 valence electrons. The van der Waals surface area contributed by atoms with Crippen molar-refractivity contribution in [2.45, 2.75) is 75.8 Å². The summed E-state index contributed by atoms with van der Waals surface area (Å²) in [6.45, 7) is 5.94. The highest BCUT2D eigenvalue weighted by Gasteiger charge is 2.53. The number of aryl methyl sites for hydroxylation is 1. The highest BCUT2D eigenvalue weighted by molar-refractivity contribution is 8.00. The molecule has 1 amide bonds. The monoisotopic (exact) mass is 488 g/mol. The van der Waals surface area contributed by atoms with Crippen LogP contribution in [-0.4, -0.2) is 39.4 Å². The van der Waals surface area contributed by atoms with Crippen molar-refractivity contribution in [3.63, 3.8) is 0 Å². The lowest BCUT2D eigenvalue weighted by atomic mass is 9.81. The number of nitrogens with zero attached hydrogens (tertiary/aromatic N) is 1. The number of ketones is 1. The van der Waals surface area contributed by atoms with Crippen LogP contribution in [0.2, 0.25) is 0 Å². The van der Waals surface area contributed by atoms with Crippen LogP contribution < -0.4 is 5.32 Å². The van der Waals surface area contributed by atoms with Crippen molar-refractivity contribution in [3.8, 4) is 10.4 Å². The third kappa shape index (κ3) is 5.19. The molecule has 0 saturated heterocycles. The molecule has 0 aliphatic heterocycles. The summed E-state index contributed by atoms with van der Waals surface area (Å²) in [7, 11) is 0. The molecule has 2 aliphatic rings. The maximum absolute atomic E-state index is 14.4. The Morgan fingerprint density at radius 3 is 2.55 bits per heavy atom. The maximum atomic E-state index is 14.4. The molecule has 0 spiro atoms. The van der Waals surface area contributed by atoms with E-state index >= 15 is 0 Å². The van der Waals surface area contributed by atoms with Crippen molar-refractivity contribution in [1.29, 1.82) is 0 Å². The van der Waals surface area contributed by atoms with E-state index < -0.39 is 22.4 Å². The zero-order valence-electron chi connectivity index (χ0n) is 19.8. The van der Waals surface area contributed by atoms with Crippen molar-refractivity contribution >= 4 is 34.8 Å². The fourth-order valence-electron chi connectivity index (χ4n) is 4.85. The van der Waals surface area contributed by atoms with Crippen LogP contribution in [0, 0.1) is 18.8 Å². The first-order valence-corrected chi connectivity index (χ1v) is 13.8. The maximum Gasteiger partial charge on any atom is 0.258 e. The zero-order valence-corrected chi connectivity index (χ0v) is 21.5. The summed E-state index contributed by atoms with van der Waals surface area (Å²) in [5.74, 6) is -0.427. The fourth-order valence-corrected chi connectivity index (χ4v) is 6.07. The van der Waals surface area contributed by atoms with Crippen molar-refractivity contribution in [1.82, 2.24) is 10.3 Å². The van der Waals surface area contributed by atoms with E-state index in [4.69, 9.17) is 0 Å². The molecule has 2 saturated carbocycles. The summed E-state index contributed by atoms with van der Waals surface area (Å²) in [5.41, 5.74) is 3.52. The Kier molecular flexibility index (Phi) is 7.02. The van der Waals surface area contributed by atoms with Crippen LogP contribution in [-0.2, 0) is 16.0 Å². The molecule has 0 radical (unpaired) electrons. The number of aromatic nitrogens is 1. The van der Waals surface area contributed by atoms with Crippen molar-refractivity contribution in [3.05, 3.63) is 41.0 Å². The van der Waals surface area contributed by atoms with E-state index in [9.17, 15) is 14.0 Å². The van der Waals surface area contributed by atoms with Gasteiger partial charge in [-0.25, -0.2) is 9.37 Å². The lowest BCUT2D eigenvalue weighted by molar-refractivity contribution is -0.134. The van der Waals surface area contributed by atoms with Gasteiger partial charge in [0.25, 0.3) is 5.91 Å². The van der Waals surface area contributed by atoms with Crippen LogP contribution >= 0.6 is 23.1 Å². The molecule has 2 aromatic rings. The lowest BCUT2D eigenvalue weighted by Crippen LogP contribution is -2.56. The number of amides is 1.